The second-order valence-electron chi connectivity index (χ2n) is 8.61. The number of nitrogens with zero attached hydrogens (tertiary/aromatic N) is 1. The number of carboxylic acids is 1. The third-order valence-electron chi connectivity index (χ3n) is 6.13. The molecular weight excluding hydrogens is 434 g/mol. The van der Waals surface area contributed by atoms with Crippen LogP contribution in [0.4, 0.5) is 0 Å². The van der Waals surface area contributed by atoms with Gasteiger partial charge in [-0.05, 0) is 61.1 Å². The predicted molar refractivity (Wildman–Crippen MR) is 132 cm³/mol. The molecule has 0 saturated heterocycles. The molecule has 0 radical (unpaired) electrons. The third-order valence-corrected chi connectivity index (χ3v) is 7.12. The number of carboxylic acid groups (broad SMARTS) is 1. The van der Waals surface area contributed by atoms with E-state index in [2.05, 4.69) is 24.3 Å². The lowest BCUT2D eigenvalue weighted by molar-refractivity contribution is -0.133. The maximum atomic E-state index is 10.7. The number of hydrogen-bond donors (Lipinski definition) is 1. The molecule has 1 aliphatic carbocycles. The molecule has 0 unspecified atom stereocenters. The molecule has 174 valence electrons. The van der Waals surface area contributed by atoms with Gasteiger partial charge in [-0.3, -0.25) is 4.79 Å². The highest BCUT2D eigenvalue weighted by Crippen LogP contribution is 2.33. The molecule has 6 heteroatoms. The summed E-state index contributed by atoms with van der Waals surface area (Å²) in [7, 11) is 0. The Labute approximate surface area is 199 Å². The smallest absolute Gasteiger partial charge is 0.313 e. The molecule has 1 N–H and O–H groups in total. The fourth-order valence-electron chi connectivity index (χ4n) is 4.36. The van der Waals surface area contributed by atoms with Gasteiger partial charge in [-0.15, -0.1) is 11.8 Å². The average molecular weight is 466 g/mol. The van der Waals surface area contributed by atoms with Crippen LogP contribution in [-0.2, 0) is 17.0 Å². The number of rotatable bonds is 10. The summed E-state index contributed by atoms with van der Waals surface area (Å²) in [5.74, 6) is 2.91. The third kappa shape index (κ3) is 6.64. The van der Waals surface area contributed by atoms with Crippen molar-refractivity contribution < 1.29 is 19.1 Å². The van der Waals surface area contributed by atoms with Gasteiger partial charge in [-0.25, -0.2) is 4.98 Å². The number of aromatic nitrogens is 1. The molecule has 0 bridgehead atoms. The van der Waals surface area contributed by atoms with Gasteiger partial charge in [0.05, 0.1) is 18.1 Å². The van der Waals surface area contributed by atoms with Gasteiger partial charge in [0.1, 0.15) is 11.5 Å². The molecule has 3 aromatic rings. The SMILES string of the molecule is Cc1oc(-c2ccc(C3CCCCC3)cc2)nc1CCOc1cccc(CSCC(=O)O)c1. The Hall–Kier alpha value is -2.73. The zero-order valence-electron chi connectivity index (χ0n) is 19.1. The summed E-state index contributed by atoms with van der Waals surface area (Å²) in [5.41, 5.74) is 4.40. The van der Waals surface area contributed by atoms with Crippen LogP contribution in [0.5, 0.6) is 5.75 Å². The summed E-state index contributed by atoms with van der Waals surface area (Å²) in [6.07, 6.45) is 7.30. The second kappa shape index (κ2) is 11.4. The van der Waals surface area contributed by atoms with E-state index in [0.29, 0.717) is 30.6 Å². The lowest BCUT2D eigenvalue weighted by Crippen LogP contribution is -2.04. The van der Waals surface area contributed by atoms with Crippen LogP contribution >= 0.6 is 11.8 Å². The van der Waals surface area contributed by atoms with Crippen LogP contribution in [-0.4, -0.2) is 28.4 Å². The number of ether oxygens (including phenoxy) is 1. The number of aliphatic carboxylic acids is 1. The highest BCUT2D eigenvalue weighted by Gasteiger charge is 2.16. The topological polar surface area (TPSA) is 72.6 Å². The summed E-state index contributed by atoms with van der Waals surface area (Å²) in [6.45, 7) is 2.45. The summed E-state index contributed by atoms with van der Waals surface area (Å²) < 4.78 is 11.9. The van der Waals surface area contributed by atoms with Gasteiger partial charge in [-0.1, -0.05) is 43.5 Å². The van der Waals surface area contributed by atoms with Crippen LogP contribution in [0.3, 0.4) is 0 Å². The van der Waals surface area contributed by atoms with E-state index in [1.54, 1.807) is 0 Å². The van der Waals surface area contributed by atoms with Gasteiger partial charge in [0, 0.05) is 17.7 Å². The summed E-state index contributed by atoms with van der Waals surface area (Å²) >= 11 is 1.38. The number of carbonyl (C=O) groups is 1. The Balaban J connectivity index is 1.31. The first-order valence-electron chi connectivity index (χ1n) is 11.7. The van der Waals surface area contributed by atoms with Crippen LogP contribution in [0.1, 0.15) is 60.6 Å². The maximum absolute atomic E-state index is 10.7. The summed E-state index contributed by atoms with van der Waals surface area (Å²) in [4.78, 5) is 15.4. The largest absolute Gasteiger partial charge is 0.493 e. The van der Waals surface area contributed by atoms with Crippen molar-refractivity contribution in [2.45, 2.75) is 57.1 Å². The van der Waals surface area contributed by atoms with Gasteiger partial charge < -0.3 is 14.3 Å². The second-order valence-corrected chi connectivity index (χ2v) is 9.60. The van der Waals surface area contributed by atoms with E-state index in [9.17, 15) is 4.79 Å². The molecule has 0 amide bonds. The van der Waals surface area contributed by atoms with E-state index < -0.39 is 5.97 Å². The monoisotopic (exact) mass is 465 g/mol. The van der Waals surface area contributed by atoms with E-state index in [-0.39, 0.29) is 5.75 Å². The van der Waals surface area contributed by atoms with Crippen molar-refractivity contribution in [3.05, 3.63) is 71.1 Å². The Bertz CT molecular complexity index is 1050. The van der Waals surface area contributed by atoms with Crippen LogP contribution in [0.25, 0.3) is 11.5 Å². The minimum absolute atomic E-state index is 0.0994. The van der Waals surface area contributed by atoms with E-state index in [0.717, 1.165) is 28.3 Å². The highest BCUT2D eigenvalue weighted by atomic mass is 32.2. The fourth-order valence-corrected chi connectivity index (χ4v) is 5.06. The molecule has 1 heterocycles. The lowest BCUT2D eigenvalue weighted by Gasteiger charge is -2.21. The predicted octanol–water partition coefficient (Wildman–Crippen LogP) is 6.64. The zero-order chi connectivity index (χ0) is 23.0. The van der Waals surface area contributed by atoms with Crippen LogP contribution in [0.15, 0.2) is 52.9 Å². The van der Waals surface area contributed by atoms with Crippen molar-refractivity contribution in [1.82, 2.24) is 4.98 Å². The molecule has 0 aliphatic heterocycles. The molecule has 33 heavy (non-hydrogen) atoms. The Morgan fingerprint density at radius 2 is 1.94 bits per heavy atom. The Morgan fingerprint density at radius 1 is 1.15 bits per heavy atom. The first kappa shape index (κ1) is 23.4. The van der Waals surface area contributed by atoms with Crippen molar-refractivity contribution >= 4 is 17.7 Å². The lowest BCUT2D eigenvalue weighted by atomic mass is 9.84. The molecule has 4 rings (SSSR count). The Morgan fingerprint density at radius 3 is 2.70 bits per heavy atom. The number of benzene rings is 2. The van der Waals surface area contributed by atoms with E-state index in [4.69, 9.17) is 19.2 Å². The molecule has 0 spiro atoms. The zero-order valence-corrected chi connectivity index (χ0v) is 19.9. The molecule has 5 nitrogen and oxygen atoms in total. The number of oxazole rings is 1. The van der Waals surface area contributed by atoms with E-state index >= 15 is 0 Å². The number of thioether (sulfide) groups is 1. The molecule has 1 aliphatic rings. The van der Waals surface area contributed by atoms with Crippen molar-refractivity contribution in [3.63, 3.8) is 0 Å². The Kier molecular flexibility index (Phi) is 8.10. The van der Waals surface area contributed by atoms with Gasteiger partial charge in [0.2, 0.25) is 5.89 Å². The molecule has 1 saturated carbocycles. The van der Waals surface area contributed by atoms with Crippen LogP contribution in [0, 0.1) is 6.92 Å². The normalized spacial score (nSPS) is 14.3. The quantitative estimate of drug-likeness (QED) is 0.362. The number of hydrogen-bond acceptors (Lipinski definition) is 5. The highest BCUT2D eigenvalue weighted by molar-refractivity contribution is 7.99. The molecule has 1 fully saturated rings. The van der Waals surface area contributed by atoms with Crippen molar-refractivity contribution in [2.24, 2.45) is 0 Å². The van der Waals surface area contributed by atoms with Gasteiger partial charge in [-0.2, -0.15) is 0 Å². The van der Waals surface area contributed by atoms with Crippen LogP contribution < -0.4 is 4.74 Å². The van der Waals surface area contributed by atoms with Crippen molar-refractivity contribution in [1.29, 1.82) is 0 Å². The molecule has 2 aromatic carbocycles. The minimum Gasteiger partial charge on any atom is -0.493 e. The number of aryl methyl sites for hydroxylation is 1. The fraction of sp³-hybridized carbons (Fsp3) is 0.407. The molecular formula is C27H31NO4S. The molecule has 1 aromatic heterocycles. The minimum atomic E-state index is -0.796. The maximum Gasteiger partial charge on any atom is 0.313 e. The van der Waals surface area contributed by atoms with Gasteiger partial charge in [0.15, 0.2) is 0 Å². The van der Waals surface area contributed by atoms with Crippen molar-refractivity contribution in [2.75, 3.05) is 12.4 Å². The summed E-state index contributed by atoms with van der Waals surface area (Å²) in [5, 5.41) is 8.77. The first-order valence-corrected chi connectivity index (χ1v) is 12.8. The van der Waals surface area contributed by atoms with Crippen molar-refractivity contribution in [3.8, 4) is 17.2 Å². The average Bonchev–Trinajstić information content (AvgIpc) is 3.20. The standard InChI is InChI=1S/C27H31NO4S/c1-19-25(14-15-31-24-9-5-6-20(16-24)17-33-18-26(29)30)28-27(32-19)23-12-10-22(11-13-23)21-7-3-2-4-8-21/h5-6,9-13,16,21H,2-4,7-8,14-15,17-18H2,1H3,(H,29,30). The first-order chi connectivity index (χ1) is 16.1. The van der Waals surface area contributed by atoms with Crippen LogP contribution in [0.2, 0.25) is 0 Å². The van der Waals surface area contributed by atoms with Gasteiger partial charge >= 0.3 is 5.97 Å². The van der Waals surface area contributed by atoms with E-state index in [1.807, 2.05) is 31.2 Å². The van der Waals surface area contributed by atoms with Gasteiger partial charge in [0.25, 0.3) is 0 Å². The summed E-state index contributed by atoms with van der Waals surface area (Å²) in [6, 6.07) is 16.5. The van der Waals surface area contributed by atoms with E-state index in [1.165, 1.54) is 49.4 Å². The molecule has 0 atom stereocenters.